The van der Waals surface area contributed by atoms with Crippen molar-refractivity contribution in [2.24, 2.45) is 5.73 Å². The topological polar surface area (TPSA) is 85.3 Å². The third kappa shape index (κ3) is 6.98. The van der Waals surface area contributed by atoms with Crippen molar-refractivity contribution in [2.75, 3.05) is 5.32 Å². The minimum atomic E-state index is -0.593. The summed E-state index contributed by atoms with van der Waals surface area (Å²) in [5, 5.41) is 2.68. The maximum absolute atomic E-state index is 11.3. The average Bonchev–Trinajstić information content (AvgIpc) is 2.80. The van der Waals surface area contributed by atoms with E-state index in [4.69, 9.17) is 10.2 Å². The molecule has 5 nitrogen and oxygen atoms in total. The van der Waals surface area contributed by atoms with Crippen molar-refractivity contribution in [3.05, 3.63) is 17.6 Å². The minimum Gasteiger partial charge on any atom is -0.457 e. The first-order valence-corrected chi connectivity index (χ1v) is 7.74. The molecule has 1 aromatic rings. The molecule has 0 radical (unpaired) electrons. The molecular weight excluding hydrogens is 304 g/mol. The van der Waals surface area contributed by atoms with Crippen LogP contribution >= 0.6 is 12.4 Å². The molecule has 1 heterocycles. The Balaban J connectivity index is 0.00000441. The lowest BCUT2D eigenvalue weighted by molar-refractivity contribution is -0.114. The van der Waals surface area contributed by atoms with Gasteiger partial charge in [-0.15, -0.1) is 12.4 Å². The Morgan fingerprint density at radius 1 is 1.14 bits per heavy atom. The second kappa shape index (κ2) is 11.1. The fourth-order valence-corrected chi connectivity index (χ4v) is 2.39. The monoisotopic (exact) mass is 330 g/mol. The molecule has 0 aliphatic rings. The lowest BCUT2D eigenvalue weighted by atomic mass is 10.0. The van der Waals surface area contributed by atoms with Gasteiger partial charge >= 0.3 is 0 Å². The van der Waals surface area contributed by atoms with Crippen LogP contribution in [0.4, 0.5) is 5.69 Å². The van der Waals surface area contributed by atoms with Crippen molar-refractivity contribution < 1.29 is 14.0 Å². The van der Waals surface area contributed by atoms with E-state index in [2.05, 4.69) is 12.2 Å². The predicted molar refractivity (Wildman–Crippen MR) is 90.5 cm³/mol. The summed E-state index contributed by atoms with van der Waals surface area (Å²) in [5.74, 6) is -0.623. The number of unbranched alkanes of at least 4 members (excludes halogenated alkanes) is 6. The Kier molecular flexibility index (Phi) is 10.4. The average molecular weight is 331 g/mol. The molecule has 0 bridgehead atoms. The summed E-state index contributed by atoms with van der Waals surface area (Å²) in [6.45, 7) is 3.63. The van der Waals surface area contributed by atoms with Gasteiger partial charge in [-0.3, -0.25) is 9.59 Å². The largest absolute Gasteiger partial charge is 0.457 e. The van der Waals surface area contributed by atoms with Crippen LogP contribution in [0.25, 0.3) is 0 Å². The molecule has 6 heteroatoms. The molecule has 2 amide bonds. The number of rotatable bonds is 10. The number of nitrogens with one attached hydrogen (secondary N) is 1. The molecule has 0 aromatic carbocycles. The Bertz CT molecular complexity index is 472. The third-order valence-electron chi connectivity index (χ3n) is 3.46. The molecule has 3 N–H and O–H groups in total. The van der Waals surface area contributed by atoms with Gasteiger partial charge in [0.15, 0.2) is 5.76 Å². The van der Waals surface area contributed by atoms with Crippen molar-refractivity contribution in [1.82, 2.24) is 0 Å². The highest BCUT2D eigenvalue weighted by atomic mass is 35.5. The standard InChI is InChI=1S/C16H26N2O3.ClH/c1-3-4-5-6-7-8-9-10-13-14(18-12(2)19)11-21-15(13)16(17)20;/h11H,3-10H2,1-2H3,(H2,17,20)(H,18,19);1H. The molecule has 1 rings (SSSR count). The van der Waals surface area contributed by atoms with Gasteiger partial charge in [-0.1, -0.05) is 45.4 Å². The van der Waals surface area contributed by atoms with E-state index in [9.17, 15) is 9.59 Å². The van der Waals surface area contributed by atoms with Crippen molar-refractivity contribution in [3.8, 4) is 0 Å². The van der Waals surface area contributed by atoms with Crippen LogP contribution in [0.1, 0.15) is 74.9 Å². The van der Waals surface area contributed by atoms with Gasteiger partial charge in [-0.05, 0) is 12.8 Å². The van der Waals surface area contributed by atoms with Gasteiger partial charge in [0.1, 0.15) is 6.26 Å². The van der Waals surface area contributed by atoms with E-state index in [0.29, 0.717) is 17.7 Å². The number of amides is 2. The number of carbonyl (C=O) groups excluding carboxylic acids is 2. The molecule has 0 spiro atoms. The summed E-state index contributed by atoms with van der Waals surface area (Å²) >= 11 is 0. The zero-order chi connectivity index (χ0) is 15.7. The van der Waals surface area contributed by atoms with E-state index in [1.165, 1.54) is 45.3 Å². The van der Waals surface area contributed by atoms with Crippen LogP contribution in [0.5, 0.6) is 0 Å². The van der Waals surface area contributed by atoms with Crippen LogP contribution in [0, 0.1) is 0 Å². The fourth-order valence-electron chi connectivity index (χ4n) is 2.39. The van der Waals surface area contributed by atoms with E-state index in [-0.39, 0.29) is 24.1 Å². The number of primary amides is 1. The van der Waals surface area contributed by atoms with Gasteiger partial charge in [0.2, 0.25) is 5.91 Å². The number of nitrogens with two attached hydrogens (primary N) is 1. The zero-order valence-electron chi connectivity index (χ0n) is 13.4. The highest BCUT2D eigenvalue weighted by Gasteiger charge is 2.18. The van der Waals surface area contributed by atoms with E-state index < -0.39 is 5.91 Å². The van der Waals surface area contributed by atoms with Crippen molar-refractivity contribution in [1.29, 1.82) is 0 Å². The molecule has 0 aliphatic heterocycles. The molecule has 0 saturated heterocycles. The first-order chi connectivity index (χ1) is 10.1. The lowest BCUT2D eigenvalue weighted by Crippen LogP contribution is -2.13. The number of hydrogen-bond donors (Lipinski definition) is 2. The van der Waals surface area contributed by atoms with Gasteiger partial charge in [-0.2, -0.15) is 0 Å². The highest BCUT2D eigenvalue weighted by Crippen LogP contribution is 2.25. The molecule has 0 unspecified atom stereocenters. The maximum atomic E-state index is 11.3. The lowest BCUT2D eigenvalue weighted by Gasteiger charge is -2.05. The zero-order valence-corrected chi connectivity index (χ0v) is 14.3. The van der Waals surface area contributed by atoms with Gasteiger partial charge in [-0.25, -0.2) is 0 Å². The normalized spacial score (nSPS) is 10.1. The molecular formula is C16H27ClN2O3. The molecule has 0 atom stereocenters. The molecule has 0 fully saturated rings. The summed E-state index contributed by atoms with van der Waals surface area (Å²) in [4.78, 5) is 22.5. The first kappa shape index (κ1) is 20.5. The summed E-state index contributed by atoms with van der Waals surface area (Å²) in [6.07, 6.45) is 10.4. The summed E-state index contributed by atoms with van der Waals surface area (Å²) in [6, 6.07) is 0. The van der Waals surface area contributed by atoms with Crippen LogP contribution in [0.3, 0.4) is 0 Å². The van der Waals surface area contributed by atoms with Crippen LogP contribution < -0.4 is 11.1 Å². The Morgan fingerprint density at radius 2 is 1.73 bits per heavy atom. The molecule has 22 heavy (non-hydrogen) atoms. The minimum absolute atomic E-state index is 0. The van der Waals surface area contributed by atoms with Crippen LogP contribution in [-0.4, -0.2) is 11.8 Å². The number of furan rings is 1. The Labute approximate surface area is 138 Å². The molecule has 0 aliphatic carbocycles. The molecule has 0 saturated carbocycles. The van der Waals surface area contributed by atoms with Crippen LogP contribution in [-0.2, 0) is 11.2 Å². The predicted octanol–water partition coefficient (Wildman–Crippen LogP) is 4.05. The van der Waals surface area contributed by atoms with Gasteiger partial charge < -0.3 is 15.5 Å². The van der Waals surface area contributed by atoms with Crippen molar-refractivity contribution in [3.63, 3.8) is 0 Å². The highest BCUT2D eigenvalue weighted by molar-refractivity contribution is 5.96. The summed E-state index contributed by atoms with van der Waals surface area (Å²) < 4.78 is 5.18. The van der Waals surface area contributed by atoms with Gasteiger partial charge in [0, 0.05) is 12.5 Å². The maximum Gasteiger partial charge on any atom is 0.284 e. The fraction of sp³-hybridized carbons (Fsp3) is 0.625. The number of halogens is 1. The smallest absolute Gasteiger partial charge is 0.284 e. The Morgan fingerprint density at radius 3 is 2.27 bits per heavy atom. The SMILES string of the molecule is CCCCCCCCCc1c(NC(C)=O)coc1C(N)=O.Cl. The van der Waals surface area contributed by atoms with E-state index in [0.717, 1.165) is 12.8 Å². The second-order valence-corrected chi connectivity index (χ2v) is 5.37. The van der Waals surface area contributed by atoms with Crippen molar-refractivity contribution >= 4 is 29.9 Å². The quantitative estimate of drug-likeness (QED) is 0.634. The number of anilines is 1. The van der Waals surface area contributed by atoms with Crippen LogP contribution in [0.15, 0.2) is 10.7 Å². The Hall–Kier alpha value is -1.49. The van der Waals surface area contributed by atoms with Gasteiger partial charge in [0.05, 0.1) is 5.69 Å². The van der Waals surface area contributed by atoms with Gasteiger partial charge in [0.25, 0.3) is 5.91 Å². The van der Waals surface area contributed by atoms with E-state index in [1.807, 2.05) is 0 Å². The van der Waals surface area contributed by atoms with E-state index >= 15 is 0 Å². The summed E-state index contributed by atoms with van der Waals surface area (Å²) in [7, 11) is 0. The number of carbonyl (C=O) groups is 2. The second-order valence-electron chi connectivity index (χ2n) is 5.37. The number of hydrogen-bond acceptors (Lipinski definition) is 3. The first-order valence-electron chi connectivity index (χ1n) is 7.74. The molecule has 126 valence electrons. The third-order valence-corrected chi connectivity index (χ3v) is 3.46. The van der Waals surface area contributed by atoms with Crippen LogP contribution in [0.2, 0.25) is 0 Å². The summed E-state index contributed by atoms with van der Waals surface area (Å²) in [5.41, 5.74) is 6.57. The van der Waals surface area contributed by atoms with E-state index in [1.54, 1.807) is 0 Å². The molecule has 1 aromatic heterocycles. The van der Waals surface area contributed by atoms with Crippen molar-refractivity contribution in [2.45, 2.75) is 65.2 Å².